The first-order chi connectivity index (χ1) is 14.3. The molecule has 1 saturated carbocycles. The topological polar surface area (TPSA) is 76.1 Å². The number of pyridine rings is 1. The number of carbonyl (C=O) groups is 1. The SMILES string of the molecule is O=C(NCc1ccc(S(=O)(=O)C2CC(F)CC(F)C2)cc1)c1cc2ccncc2s1. The van der Waals surface area contributed by atoms with Crippen molar-refractivity contribution in [3.05, 3.63) is 59.2 Å². The Balaban J connectivity index is 1.41. The standard InChI is InChI=1S/C21H20F2N2O3S2/c22-15-8-16(23)10-18(9-15)30(27,28)17-3-1-13(2-4-17)11-25-21(26)19-7-14-5-6-24-12-20(14)29-19/h1-7,12,15-16,18H,8-11H2,(H,25,26). The van der Waals surface area contributed by atoms with Gasteiger partial charge in [0.25, 0.3) is 5.91 Å². The van der Waals surface area contributed by atoms with Crippen LogP contribution in [0, 0.1) is 0 Å². The van der Waals surface area contributed by atoms with E-state index in [2.05, 4.69) is 10.3 Å². The Kier molecular flexibility index (Phi) is 5.84. The summed E-state index contributed by atoms with van der Waals surface area (Å²) in [6.07, 6.45) is -0.0859. The molecule has 2 heterocycles. The van der Waals surface area contributed by atoms with Gasteiger partial charge in [0.1, 0.15) is 12.3 Å². The van der Waals surface area contributed by atoms with Crippen LogP contribution in [-0.4, -0.2) is 36.9 Å². The molecule has 0 aliphatic heterocycles. The minimum atomic E-state index is -3.81. The summed E-state index contributed by atoms with van der Waals surface area (Å²) >= 11 is 1.35. The smallest absolute Gasteiger partial charge is 0.261 e. The molecule has 5 nitrogen and oxygen atoms in total. The van der Waals surface area contributed by atoms with Crippen LogP contribution >= 0.6 is 11.3 Å². The number of alkyl halides is 2. The second-order valence-electron chi connectivity index (χ2n) is 7.42. The second kappa shape index (κ2) is 8.39. The van der Waals surface area contributed by atoms with E-state index in [0.29, 0.717) is 4.88 Å². The number of hydrogen-bond acceptors (Lipinski definition) is 5. The monoisotopic (exact) mass is 450 g/mol. The number of nitrogens with zero attached hydrogens (tertiary/aromatic N) is 1. The van der Waals surface area contributed by atoms with E-state index in [-0.39, 0.29) is 36.6 Å². The molecule has 3 aromatic rings. The fraction of sp³-hybridized carbons (Fsp3) is 0.333. The van der Waals surface area contributed by atoms with Gasteiger partial charge in [0.2, 0.25) is 0 Å². The van der Waals surface area contributed by atoms with Crippen LogP contribution < -0.4 is 5.32 Å². The number of benzene rings is 1. The number of halogens is 2. The lowest BCUT2D eigenvalue weighted by molar-refractivity contribution is 0.0955. The highest BCUT2D eigenvalue weighted by Gasteiger charge is 2.37. The van der Waals surface area contributed by atoms with Crippen LogP contribution in [0.3, 0.4) is 0 Å². The minimum absolute atomic E-state index is 0.0425. The van der Waals surface area contributed by atoms with Gasteiger partial charge in [-0.25, -0.2) is 17.2 Å². The predicted molar refractivity (Wildman–Crippen MR) is 112 cm³/mol. The average Bonchev–Trinajstić information content (AvgIpc) is 3.16. The van der Waals surface area contributed by atoms with Crippen molar-refractivity contribution < 1.29 is 22.0 Å². The van der Waals surface area contributed by atoms with Crippen LogP contribution in [0.5, 0.6) is 0 Å². The van der Waals surface area contributed by atoms with Gasteiger partial charge in [-0.05, 0) is 48.1 Å². The zero-order chi connectivity index (χ0) is 21.3. The molecule has 1 amide bonds. The Bertz CT molecular complexity index is 1120. The molecule has 2 atom stereocenters. The summed E-state index contributed by atoms with van der Waals surface area (Å²) in [6, 6.07) is 9.70. The van der Waals surface area contributed by atoms with Crippen molar-refractivity contribution in [2.75, 3.05) is 0 Å². The molecule has 30 heavy (non-hydrogen) atoms. The molecule has 158 valence electrons. The summed E-state index contributed by atoms with van der Waals surface area (Å²) in [5.41, 5.74) is 0.723. The fourth-order valence-electron chi connectivity index (χ4n) is 3.65. The van der Waals surface area contributed by atoms with Crippen LogP contribution in [-0.2, 0) is 16.4 Å². The molecule has 1 aliphatic rings. The van der Waals surface area contributed by atoms with Crippen molar-refractivity contribution in [1.82, 2.24) is 10.3 Å². The highest BCUT2D eigenvalue weighted by molar-refractivity contribution is 7.92. The Labute approximate surface area is 177 Å². The number of rotatable bonds is 5. The van der Waals surface area contributed by atoms with Gasteiger partial charge in [-0.3, -0.25) is 9.78 Å². The molecule has 1 aromatic carbocycles. The number of fused-ring (bicyclic) bond motifs is 1. The third-order valence-electron chi connectivity index (χ3n) is 5.24. The Morgan fingerprint density at radius 1 is 1.10 bits per heavy atom. The van der Waals surface area contributed by atoms with E-state index < -0.39 is 27.4 Å². The molecule has 0 bridgehead atoms. The van der Waals surface area contributed by atoms with Crippen molar-refractivity contribution >= 4 is 37.2 Å². The van der Waals surface area contributed by atoms with Gasteiger partial charge < -0.3 is 5.32 Å². The van der Waals surface area contributed by atoms with E-state index in [4.69, 9.17) is 0 Å². The molecule has 9 heteroatoms. The summed E-state index contributed by atoms with van der Waals surface area (Å²) in [5.74, 6) is -0.224. The summed E-state index contributed by atoms with van der Waals surface area (Å²) in [6.45, 7) is 0.230. The van der Waals surface area contributed by atoms with E-state index in [1.807, 2.05) is 6.07 Å². The number of nitrogens with one attached hydrogen (secondary N) is 1. The maximum atomic E-state index is 13.6. The van der Waals surface area contributed by atoms with E-state index in [9.17, 15) is 22.0 Å². The number of carbonyl (C=O) groups excluding carboxylic acids is 1. The lowest BCUT2D eigenvalue weighted by Crippen LogP contribution is -2.34. The first-order valence-electron chi connectivity index (χ1n) is 9.55. The zero-order valence-corrected chi connectivity index (χ0v) is 17.6. The third kappa shape index (κ3) is 4.37. The molecule has 2 unspecified atom stereocenters. The minimum Gasteiger partial charge on any atom is -0.347 e. The number of aromatic nitrogens is 1. The van der Waals surface area contributed by atoms with Gasteiger partial charge in [-0.15, -0.1) is 11.3 Å². The third-order valence-corrected chi connectivity index (χ3v) is 8.52. The van der Waals surface area contributed by atoms with Crippen molar-refractivity contribution in [2.24, 2.45) is 0 Å². The van der Waals surface area contributed by atoms with E-state index >= 15 is 0 Å². The van der Waals surface area contributed by atoms with Crippen molar-refractivity contribution in [1.29, 1.82) is 0 Å². The number of sulfone groups is 1. The van der Waals surface area contributed by atoms with Crippen molar-refractivity contribution in [2.45, 2.75) is 48.3 Å². The molecule has 0 spiro atoms. The number of amides is 1. The normalized spacial score (nSPS) is 22.1. The molecular weight excluding hydrogens is 430 g/mol. The molecule has 4 rings (SSSR count). The van der Waals surface area contributed by atoms with Crippen LogP contribution in [0.25, 0.3) is 10.1 Å². The number of hydrogen-bond donors (Lipinski definition) is 1. The number of thiophene rings is 1. The molecule has 1 aliphatic carbocycles. The summed E-state index contributed by atoms with van der Waals surface area (Å²) in [7, 11) is -3.81. The van der Waals surface area contributed by atoms with Gasteiger partial charge in [-0.1, -0.05) is 12.1 Å². The lowest BCUT2D eigenvalue weighted by Gasteiger charge is -2.27. The molecule has 0 saturated heterocycles. The van der Waals surface area contributed by atoms with Crippen LogP contribution in [0.2, 0.25) is 0 Å². The van der Waals surface area contributed by atoms with E-state index in [1.165, 1.54) is 23.5 Å². The van der Waals surface area contributed by atoms with Gasteiger partial charge in [-0.2, -0.15) is 0 Å². The summed E-state index contributed by atoms with van der Waals surface area (Å²) in [5, 5.41) is 2.71. The molecule has 0 radical (unpaired) electrons. The van der Waals surface area contributed by atoms with E-state index in [0.717, 1.165) is 15.6 Å². The Morgan fingerprint density at radius 3 is 2.47 bits per heavy atom. The first-order valence-corrected chi connectivity index (χ1v) is 11.9. The maximum Gasteiger partial charge on any atom is 0.261 e. The largest absolute Gasteiger partial charge is 0.347 e. The van der Waals surface area contributed by atoms with Gasteiger partial charge >= 0.3 is 0 Å². The lowest BCUT2D eigenvalue weighted by atomic mass is 9.97. The Hall–Kier alpha value is -2.39. The van der Waals surface area contributed by atoms with E-state index in [1.54, 1.807) is 30.6 Å². The Morgan fingerprint density at radius 2 is 1.80 bits per heavy atom. The van der Waals surface area contributed by atoms with Crippen LogP contribution in [0.4, 0.5) is 8.78 Å². The molecular formula is C21H20F2N2O3S2. The highest BCUT2D eigenvalue weighted by atomic mass is 32.2. The van der Waals surface area contributed by atoms with Crippen molar-refractivity contribution in [3.8, 4) is 0 Å². The molecule has 2 aromatic heterocycles. The summed E-state index contributed by atoms with van der Waals surface area (Å²) in [4.78, 5) is 17.0. The second-order valence-corrected chi connectivity index (χ2v) is 10.7. The highest BCUT2D eigenvalue weighted by Crippen LogP contribution is 2.32. The first kappa shape index (κ1) is 20.9. The van der Waals surface area contributed by atoms with Crippen LogP contribution in [0.1, 0.15) is 34.5 Å². The van der Waals surface area contributed by atoms with Gasteiger partial charge in [0, 0.05) is 25.4 Å². The molecule has 1 N–H and O–H groups in total. The quantitative estimate of drug-likeness (QED) is 0.631. The average molecular weight is 451 g/mol. The fourth-order valence-corrected chi connectivity index (χ4v) is 6.42. The zero-order valence-electron chi connectivity index (χ0n) is 15.9. The predicted octanol–water partition coefficient (Wildman–Crippen LogP) is 4.23. The maximum absolute atomic E-state index is 13.6. The molecule has 1 fully saturated rings. The van der Waals surface area contributed by atoms with Gasteiger partial charge in [0.15, 0.2) is 9.84 Å². The van der Waals surface area contributed by atoms with Crippen molar-refractivity contribution in [3.63, 3.8) is 0 Å². The summed E-state index contributed by atoms with van der Waals surface area (Å²) < 4.78 is 53.6. The van der Waals surface area contributed by atoms with Gasteiger partial charge in [0.05, 0.1) is 19.7 Å². The van der Waals surface area contributed by atoms with Crippen LogP contribution in [0.15, 0.2) is 53.7 Å².